The van der Waals surface area contributed by atoms with Gasteiger partial charge in [0, 0.05) is 11.6 Å². The third-order valence-electron chi connectivity index (χ3n) is 6.18. The quantitative estimate of drug-likeness (QED) is 0.119. The molecule has 0 fully saturated rings. The Morgan fingerprint density at radius 3 is 1.63 bits per heavy atom. The molecule has 0 aliphatic heterocycles. The first-order valence-corrected chi connectivity index (χ1v) is 12.9. The van der Waals surface area contributed by atoms with Crippen molar-refractivity contribution in [1.29, 1.82) is 0 Å². The van der Waals surface area contributed by atoms with Crippen LogP contribution < -0.4 is 0 Å². The molecule has 1 heterocycles. The number of benzene rings is 3. The number of aryl methyl sites for hydroxylation is 2. The van der Waals surface area contributed by atoms with Crippen molar-refractivity contribution in [2.45, 2.75) is 13.8 Å². The summed E-state index contributed by atoms with van der Waals surface area (Å²) >= 11 is 0. The van der Waals surface area contributed by atoms with Crippen LogP contribution in [-0.2, 0) is 9.47 Å². The molecule has 206 valence electrons. The standard InChI is InChI=1S/C33H28N2O6/c1-23-29(32(36)40-21-11-17-25-13-5-3-6-14-25)31(27-19-9-10-20-28(27)35(38)39)30(24(2)34-23)33(37)41-22-12-18-26-15-7-4-8-16-26/h3-20H,21-22H2,1-2H3/b17-11+,18-12+. The zero-order valence-corrected chi connectivity index (χ0v) is 22.7. The van der Waals surface area contributed by atoms with Gasteiger partial charge in [0.05, 0.1) is 33.0 Å². The first-order chi connectivity index (χ1) is 19.9. The third-order valence-corrected chi connectivity index (χ3v) is 6.18. The molecule has 0 saturated heterocycles. The van der Waals surface area contributed by atoms with Crippen molar-refractivity contribution in [3.8, 4) is 11.1 Å². The molecule has 0 bridgehead atoms. The number of ether oxygens (including phenoxy) is 2. The van der Waals surface area contributed by atoms with E-state index in [9.17, 15) is 19.7 Å². The second-order valence-electron chi connectivity index (χ2n) is 9.00. The van der Waals surface area contributed by atoms with Crippen molar-refractivity contribution in [2.75, 3.05) is 13.2 Å². The number of hydrogen-bond acceptors (Lipinski definition) is 7. The van der Waals surface area contributed by atoms with E-state index < -0.39 is 16.9 Å². The molecule has 0 N–H and O–H groups in total. The first-order valence-electron chi connectivity index (χ1n) is 12.9. The van der Waals surface area contributed by atoms with E-state index in [1.807, 2.05) is 72.8 Å². The largest absolute Gasteiger partial charge is 0.458 e. The summed E-state index contributed by atoms with van der Waals surface area (Å²) in [6, 6.07) is 24.9. The number of carbonyl (C=O) groups is 2. The predicted octanol–water partition coefficient (Wildman–Crippen LogP) is 7.01. The smallest absolute Gasteiger partial charge is 0.340 e. The van der Waals surface area contributed by atoms with Crippen LogP contribution in [0.2, 0.25) is 0 Å². The number of aromatic nitrogens is 1. The molecule has 0 spiro atoms. The average Bonchev–Trinajstić information content (AvgIpc) is 2.98. The number of pyridine rings is 1. The number of rotatable bonds is 10. The predicted molar refractivity (Wildman–Crippen MR) is 157 cm³/mol. The van der Waals surface area contributed by atoms with Crippen LogP contribution in [0.4, 0.5) is 5.69 Å². The van der Waals surface area contributed by atoms with Crippen molar-refractivity contribution >= 4 is 29.8 Å². The maximum atomic E-state index is 13.4. The molecule has 3 aromatic carbocycles. The molecule has 41 heavy (non-hydrogen) atoms. The van der Waals surface area contributed by atoms with Gasteiger partial charge in [0.1, 0.15) is 13.2 Å². The summed E-state index contributed by atoms with van der Waals surface area (Å²) in [5.74, 6) is -1.53. The van der Waals surface area contributed by atoms with Crippen LogP contribution in [0.3, 0.4) is 0 Å². The fourth-order valence-electron chi connectivity index (χ4n) is 4.35. The van der Waals surface area contributed by atoms with E-state index in [-0.39, 0.29) is 52.5 Å². The Hall–Kier alpha value is -5.37. The van der Waals surface area contributed by atoms with Gasteiger partial charge in [-0.2, -0.15) is 0 Å². The summed E-state index contributed by atoms with van der Waals surface area (Å²) in [4.78, 5) is 42.7. The number of nitro groups is 1. The Morgan fingerprint density at radius 2 is 1.17 bits per heavy atom. The van der Waals surface area contributed by atoms with Crippen LogP contribution >= 0.6 is 0 Å². The van der Waals surface area contributed by atoms with Crippen LogP contribution in [0.15, 0.2) is 97.1 Å². The molecule has 4 aromatic rings. The molecule has 0 radical (unpaired) electrons. The van der Waals surface area contributed by atoms with E-state index >= 15 is 0 Å². The summed E-state index contributed by atoms with van der Waals surface area (Å²) in [5.41, 5.74) is 2.21. The molecule has 0 aliphatic rings. The van der Waals surface area contributed by atoms with Crippen LogP contribution in [0.5, 0.6) is 0 Å². The molecule has 0 atom stereocenters. The molecule has 0 saturated carbocycles. The average molecular weight is 549 g/mol. The van der Waals surface area contributed by atoms with Gasteiger partial charge in [-0.1, -0.05) is 84.9 Å². The number of nitrogens with zero attached hydrogens (tertiary/aromatic N) is 2. The van der Waals surface area contributed by atoms with Gasteiger partial charge >= 0.3 is 11.9 Å². The number of para-hydroxylation sites is 1. The molecule has 1 aromatic heterocycles. The first kappa shape index (κ1) is 28.6. The van der Waals surface area contributed by atoms with Gasteiger partial charge in [0.15, 0.2) is 0 Å². The monoisotopic (exact) mass is 548 g/mol. The number of nitro benzene ring substituents is 1. The lowest BCUT2D eigenvalue weighted by molar-refractivity contribution is -0.384. The van der Waals surface area contributed by atoms with Crippen molar-refractivity contribution in [3.05, 3.63) is 141 Å². The summed E-state index contributed by atoms with van der Waals surface area (Å²) in [5, 5.41) is 12.0. The molecule has 0 amide bonds. The van der Waals surface area contributed by atoms with Gasteiger partial charge < -0.3 is 9.47 Å². The lowest BCUT2D eigenvalue weighted by Crippen LogP contribution is -2.18. The highest BCUT2D eigenvalue weighted by molar-refractivity contribution is 6.08. The van der Waals surface area contributed by atoms with Crippen LogP contribution in [0.25, 0.3) is 23.3 Å². The van der Waals surface area contributed by atoms with Crippen molar-refractivity contribution < 1.29 is 24.0 Å². The van der Waals surface area contributed by atoms with Crippen LogP contribution in [0.1, 0.15) is 43.2 Å². The Labute approximate surface area is 237 Å². The second kappa shape index (κ2) is 13.6. The maximum absolute atomic E-state index is 13.4. The van der Waals surface area contributed by atoms with E-state index in [0.717, 1.165) is 11.1 Å². The SMILES string of the molecule is Cc1nc(C)c(C(=O)OC/C=C/c2ccccc2)c(-c2ccccc2[N+](=O)[O-])c1C(=O)OC/C=C/c1ccccc1. The zero-order valence-electron chi connectivity index (χ0n) is 22.7. The molecule has 0 unspecified atom stereocenters. The van der Waals surface area contributed by atoms with Gasteiger partial charge in [0.25, 0.3) is 5.69 Å². The molecule has 8 heteroatoms. The Morgan fingerprint density at radius 1 is 0.732 bits per heavy atom. The van der Waals surface area contributed by atoms with Crippen LogP contribution in [-0.4, -0.2) is 35.1 Å². The maximum Gasteiger partial charge on any atom is 0.340 e. The van der Waals surface area contributed by atoms with Gasteiger partial charge in [-0.25, -0.2) is 9.59 Å². The summed E-state index contributed by atoms with van der Waals surface area (Å²) in [7, 11) is 0. The van der Waals surface area contributed by atoms with E-state index in [1.165, 1.54) is 18.2 Å². The van der Waals surface area contributed by atoms with E-state index in [2.05, 4.69) is 4.98 Å². The number of hydrogen-bond donors (Lipinski definition) is 0. The minimum atomic E-state index is -0.765. The van der Waals surface area contributed by atoms with Crippen molar-refractivity contribution in [1.82, 2.24) is 4.98 Å². The summed E-state index contributed by atoms with van der Waals surface area (Å²) in [6.07, 6.45) is 6.98. The van der Waals surface area contributed by atoms with Crippen LogP contribution in [0, 0.1) is 24.0 Å². The summed E-state index contributed by atoms with van der Waals surface area (Å²) < 4.78 is 11.0. The normalized spacial score (nSPS) is 11.1. The van der Waals surface area contributed by atoms with Crippen molar-refractivity contribution in [3.63, 3.8) is 0 Å². The lowest BCUT2D eigenvalue weighted by atomic mass is 9.91. The van der Waals surface area contributed by atoms with E-state index in [4.69, 9.17) is 9.47 Å². The molecular weight excluding hydrogens is 520 g/mol. The lowest BCUT2D eigenvalue weighted by Gasteiger charge is -2.17. The highest BCUT2D eigenvalue weighted by Crippen LogP contribution is 2.37. The number of esters is 2. The van der Waals surface area contributed by atoms with Gasteiger partial charge in [-0.15, -0.1) is 0 Å². The fourth-order valence-corrected chi connectivity index (χ4v) is 4.35. The van der Waals surface area contributed by atoms with E-state index in [0.29, 0.717) is 0 Å². The Balaban J connectivity index is 1.70. The second-order valence-corrected chi connectivity index (χ2v) is 9.00. The topological polar surface area (TPSA) is 109 Å². The minimum absolute atomic E-state index is 0.0372. The zero-order chi connectivity index (χ0) is 29.2. The Kier molecular flexibility index (Phi) is 9.51. The highest BCUT2D eigenvalue weighted by Gasteiger charge is 2.31. The molecule has 8 nitrogen and oxygen atoms in total. The third kappa shape index (κ3) is 7.19. The van der Waals surface area contributed by atoms with E-state index in [1.54, 1.807) is 32.1 Å². The molecule has 0 aliphatic carbocycles. The van der Waals surface area contributed by atoms with Crippen molar-refractivity contribution in [2.24, 2.45) is 0 Å². The van der Waals surface area contributed by atoms with Gasteiger partial charge in [-0.3, -0.25) is 15.1 Å². The summed E-state index contributed by atoms with van der Waals surface area (Å²) in [6.45, 7) is 3.08. The van der Waals surface area contributed by atoms with Gasteiger partial charge in [-0.05, 0) is 43.2 Å². The fraction of sp³-hybridized carbons (Fsp3) is 0.121. The Bertz CT molecular complexity index is 1520. The molecule has 4 rings (SSSR count). The number of carbonyl (C=O) groups excluding carboxylic acids is 2. The minimum Gasteiger partial charge on any atom is -0.458 e. The molecular formula is C33H28N2O6. The highest BCUT2D eigenvalue weighted by atomic mass is 16.6. The van der Waals surface area contributed by atoms with Gasteiger partial charge in [0.2, 0.25) is 0 Å².